The molecule has 2 N–H and O–H groups in total. The zero-order valence-electron chi connectivity index (χ0n) is 20.4. The lowest BCUT2D eigenvalue weighted by atomic mass is 10.2. The van der Waals surface area contributed by atoms with E-state index in [1.807, 2.05) is 12.2 Å². The number of hydrogen-bond acceptors (Lipinski definition) is 4. The monoisotopic (exact) mass is 468 g/mol. The van der Waals surface area contributed by atoms with Crippen molar-refractivity contribution in [2.45, 2.75) is 70.8 Å². The number of nitrogens with one attached hydrogen (secondary N) is 1. The standard InChI is InChI=1S/C28H40N2O4/c1-2-3-4-5-6-7-8-9-10-11-12-13-14-15-16-17-18-19-20-21-26(32)29-27(33)24-30-23-25(31)22-28(30)34/h3-4,6-7,9-10,12-13,15-16,18-19,25,31H,2,5,8,11,14,17,20-24H2,1H3,(H,29,32,33)/b4-3-,7-6-,10-9-,13-12-,16-15-,19-18+. The second-order valence-electron chi connectivity index (χ2n) is 8.06. The number of imide groups is 1. The van der Waals surface area contributed by atoms with Crippen molar-refractivity contribution in [3.8, 4) is 0 Å². The zero-order valence-corrected chi connectivity index (χ0v) is 20.4. The fraction of sp³-hybridized carbons (Fsp3) is 0.464. The second-order valence-corrected chi connectivity index (χ2v) is 8.06. The van der Waals surface area contributed by atoms with Gasteiger partial charge in [0.2, 0.25) is 17.7 Å². The van der Waals surface area contributed by atoms with E-state index in [1.165, 1.54) is 4.90 Å². The van der Waals surface area contributed by atoms with Crippen LogP contribution in [0.25, 0.3) is 0 Å². The Morgan fingerprint density at radius 1 is 0.824 bits per heavy atom. The second kappa shape index (κ2) is 19.5. The topological polar surface area (TPSA) is 86.7 Å². The third-order valence-corrected chi connectivity index (χ3v) is 4.94. The maximum Gasteiger partial charge on any atom is 0.246 e. The summed E-state index contributed by atoms with van der Waals surface area (Å²) in [6, 6.07) is 0. The summed E-state index contributed by atoms with van der Waals surface area (Å²) in [5, 5.41) is 11.7. The van der Waals surface area contributed by atoms with E-state index in [0.717, 1.165) is 38.5 Å². The zero-order chi connectivity index (χ0) is 24.9. The first-order valence-electron chi connectivity index (χ1n) is 12.2. The molecule has 0 aromatic carbocycles. The summed E-state index contributed by atoms with van der Waals surface area (Å²) >= 11 is 0. The average molecular weight is 469 g/mol. The lowest BCUT2D eigenvalue weighted by molar-refractivity contribution is -0.136. The molecule has 1 aliphatic heterocycles. The van der Waals surface area contributed by atoms with Crippen LogP contribution in [0.4, 0.5) is 0 Å². The lowest BCUT2D eigenvalue weighted by Gasteiger charge is -2.14. The molecule has 1 fully saturated rings. The Labute approximate surface area is 204 Å². The normalized spacial score (nSPS) is 17.2. The number of β-amino-alcohol motifs (C(OH)–C–C–N with tert-alkyl or cyclic N) is 1. The van der Waals surface area contributed by atoms with Crippen LogP contribution in [0.1, 0.15) is 64.7 Å². The molecule has 3 amide bonds. The third kappa shape index (κ3) is 15.8. The van der Waals surface area contributed by atoms with E-state index in [4.69, 9.17) is 0 Å². The van der Waals surface area contributed by atoms with Gasteiger partial charge in [-0.15, -0.1) is 0 Å². The Morgan fingerprint density at radius 2 is 1.29 bits per heavy atom. The van der Waals surface area contributed by atoms with Crippen LogP contribution in [0.5, 0.6) is 0 Å². The number of hydrogen-bond donors (Lipinski definition) is 2. The molecule has 6 heteroatoms. The molecule has 6 nitrogen and oxygen atoms in total. The number of carbonyl (C=O) groups excluding carboxylic acids is 3. The van der Waals surface area contributed by atoms with E-state index in [1.54, 1.807) is 0 Å². The van der Waals surface area contributed by atoms with Crippen LogP contribution < -0.4 is 5.32 Å². The van der Waals surface area contributed by atoms with Gasteiger partial charge in [-0.25, -0.2) is 0 Å². The summed E-state index contributed by atoms with van der Waals surface area (Å²) in [6.07, 6.45) is 31.3. The van der Waals surface area contributed by atoms with Crippen molar-refractivity contribution in [1.29, 1.82) is 0 Å². The lowest BCUT2D eigenvalue weighted by Crippen LogP contribution is -2.40. The van der Waals surface area contributed by atoms with Gasteiger partial charge in [0.15, 0.2) is 0 Å². The molecule has 1 heterocycles. The summed E-state index contributed by atoms with van der Waals surface area (Å²) in [7, 11) is 0. The van der Waals surface area contributed by atoms with Gasteiger partial charge in [0, 0.05) is 13.0 Å². The smallest absolute Gasteiger partial charge is 0.246 e. The highest BCUT2D eigenvalue weighted by Gasteiger charge is 2.29. The highest BCUT2D eigenvalue weighted by molar-refractivity contribution is 5.97. The maximum absolute atomic E-state index is 11.8. The summed E-state index contributed by atoms with van der Waals surface area (Å²) in [5.74, 6) is -1.15. The van der Waals surface area contributed by atoms with Crippen LogP contribution in [0.15, 0.2) is 72.9 Å². The molecule has 0 spiro atoms. The van der Waals surface area contributed by atoms with Crippen LogP contribution in [-0.2, 0) is 14.4 Å². The molecule has 0 bridgehead atoms. The van der Waals surface area contributed by atoms with Crippen molar-refractivity contribution in [2.24, 2.45) is 0 Å². The number of carbonyl (C=O) groups is 3. The number of likely N-dealkylation sites (tertiary alicyclic amines) is 1. The molecule has 0 saturated carbocycles. The van der Waals surface area contributed by atoms with Crippen molar-refractivity contribution < 1.29 is 19.5 Å². The molecular weight excluding hydrogens is 428 g/mol. The maximum atomic E-state index is 11.8. The van der Waals surface area contributed by atoms with Crippen LogP contribution >= 0.6 is 0 Å². The molecule has 0 aromatic rings. The van der Waals surface area contributed by atoms with Gasteiger partial charge in [0.1, 0.15) is 6.54 Å². The highest BCUT2D eigenvalue weighted by atomic mass is 16.3. The van der Waals surface area contributed by atoms with E-state index >= 15 is 0 Å². The van der Waals surface area contributed by atoms with E-state index in [2.05, 4.69) is 73.0 Å². The van der Waals surface area contributed by atoms with Crippen LogP contribution in [0.3, 0.4) is 0 Å². The van der Waals surface area contributed by atoms with Crippen molar-refractivity contribution >= 4 is 17.7 Å². The van der Waals surface area contributed by atoms with Gasteiger partial charge in [-0.2, -0.15) is 0 Å². The summed E-state index contributed by atoms with van der Waals surface area (Å²) < 4.78 is 0. The Morgan fingerprint density at radius 3 is 1.74 bits per heavy atom. The molecule has 1 saturated heterocycles. The molecule has 0 aliphatic carbocycles. The van der Waals surface area contributed by atoms with Crippen LogP contribution in [-0.4, -0.2) is 46.9 Å². The van der Waals surface area contributed by atoms with Crippen molar-refractivity contribution in [1.82, 2.24) is 10.2 Å². The van der Waals surface area contributed by atoms with Gasteiger partial charge in [-0.3, -0.25) is 19.7 Å². The van der Waals surface area contributed by atoms with Gasteiger partial charge in [-0.1, -0.05) is 79.8 Å². The van der Waals surface area contributed by atoms with Crippen molar-refractivity contribution in [3.05, 3.63) is 72.9 Å². The van der Waals surface area contributed by atoms with Gasteiger partial charge in [-0.05, 0) is 44.9 Å². The third-order valence-electron chi connectivity index (χ3n) is 4.94. The fourth-order valence-electron chi connectivity index (χ4n) is 3.19. The number of rotatable bonds is 16. The average Bonchev–Trinajstić information content (AvgIpc) is 3.11. The molecule has 0 aromatic heterocycles. The molecule has 1 aliphatic rings. The fourth-order valence-corrected chi connectivity index (χ4v) is 3.19. The van der Waals surface area contributed by atoms with Crippen LogP contribution in [0, 0.1) is 0 Å². The number of nitrogens with zero attached hydrogens (tertiary/aromatic N) is 1. The number of aliphatic hydroxyl groups is 1. The first-order valence-corrected chi connectivity index (χ1v) is 12.2. The summed E-state index contributed by atoms with van der Waals surface area (Å²) in [5.41, 5.74) is 0. The predicted octanol–water partition coefficient (Wildman–Crippen LogP) is 4.70. The molecule has 186 valence electrons. The van der Waals surface area contributed by atoms with Gasteiger partial charge in [0.25, 0.3) is 0 Å². The minimum atomic E-state index is -0.732. The minimum absolute atomic E-state index is 0.0317. The number of amides is 3. The predicted molar refractivity (Wildman–Crippen MR) is 138 cm³/mol. The first-order chi connectivity index (χ1) is 16.5. The summed E-state index contributed by atoms with van der Waals surface area (Å²) in [6.45, 7) is 2.08. The van der Waals surface area contributed by atoms with E-state index < -0.39 is 12.0 Å². The molecule has 34 heavy (non-hydrogen) atoms. The highest BCUT2D eigenvalue weighted by Crippen LogP contribution is 2.09. The van der Waals surface area contributed by atoms with Gasteiger partial charge < -0.3 is 10.0 Å². The van der Waals surface area contributed by atoms with E-state index in [-0.39, 0.29) is 37.7 Å². The van der Waals surface area contributed by atoms with Gasteiger partial charge in [0.05, 0.1) is 12.5 Å². The van der Waals surface area contributed by atoms with Crippen molar-refractivity contribution in [3.63, 3.8) is 0 Å². The molecule has 1 unspecified atom stereocenters. The quantitative estimate of drug-likeness (QED) is 0.322. The molecule has 1 rings (SSSR count). The molecule has 1 atom stereocenters. The van der Waals surface area contributed by atoms with Crippen LogP contribution in [0.2, 0.25) is 0 Å². The Hall–Kier alpha value is -2.99. The first kappa shape index (κ1) is 29.0. The van der Waals surface area contributed by atoms with E-state index in [9.17, 15) is 19.5 Å². The SMILES string of the molecule is CC/C=C\C/C=C\C/C=C\C/C=C\C/C=C\C/C=C/CCC(=O)NC(=O)CN1CC(O)CC1=O. The van der Waals surface area contributed by atoms with Crippen molar-refractivity contribution in [2.75, 3.05) is 13.1 Å². The summed E-state index contributed by atoms with van der Waals surface area (Å²) in [4.78, 5) is 36.4. The Balaban J connectivity index is 2.01. The Kier molecular flexibility index (Phi) is 16.6. The van der Waals surface area contributed by atoms with E-state index in [0.29, 0.717) is 6.42 Å². The minimum Gasteiger partial charge on any atom is -0.391 e. The molecular formula is C28H40N2O4. The molecule has 0 radical (unpaired) electrons. The van der Waals surface area contributed by atoms with Gasteiger partial charge >= 0.3 is 0 Å². The largest absolute Gasteiger partial charge is 0.391 e. The number of allylic oxidation sites excluding steroid dienone is 12. The number of aliphatic hydroxyl groups excluding tert-OH is 1. The Bertz CT molecular complexity index is 790.